The summed E-state index contributed by atoms with van der Waals surface area (Å²) in [5.74, 6) is 1.81. The van der Waals surface area contributed by atoms with E-state index in [1.807, 2.05) is 48.7 Å². The fourth-order valence-electron chi connectivity index (χ4n) is 3.01. The molecule has 2 aromatic heterocycles. The molecular formula is C20H18N2O3. The third kappa shape index (κ3) is 3.46. The topological polar surface area (TPSA) is 64.5 Å². The Morgan fingerprint density at radius 1 is 1.12 bits per heavy atom. The predicted octanol–water partition coefficient (Wildman–Crippen LogP) is 3.55. The second-order valence-electron chi connectivity index (χ2n) is 6.05. The van der Waals surface area contributed by atoms with Gasteiger partial charge in [0.2, 0.25) is 5.88 Å². The van der Waals surface area contributed by atoms with Gasteiger partial charge in [0.15, 0.2) is 0 Å². The highest BCUT2D eigenvalue weighted by atomic mass is 16.5. The van der Waals surface area contributed by atoms with Crippen molar-refractivity contribution in [3.05, 3.63) is 78.2 Å². The molecule has 5 nitrogen and oxygen atoms in total. The Morgan fingerprint density at radius 3 is 2.88 bits per heavy atom. The van der Waals surface area contributed by atoms with Crippen LogP contribution < -0.4 is 9.47 Å². The van der Waals surface area contributed by atoms with E-state index in [2.05, 4.69) is 9.97 Å². The molecule has 0 radical (unpaired) electrons. The summed E-state index contributed by atoms with van der Waals surface area (Å²) < 4.78 is 11.6. The summed E-state index contributed by atoms with van der Waals surface area (Å²) in [6.07, 6.45) is 5.34. The summed E-state index contributed by atoms with van der Waals surface area (Å²) in [6, 6.07) is 14.9. The van der Waals surface area contributed by atoms with Crippen LogP contribution in [0.2, 0.25) is 0 Å². The Kier molecular flexibility index (Phi) is 4.31. The molecule has 2 unspecified atom stereocenters. The lowest BCUT2D eigenvalue weighted by Crippen LogP contribution is -2.27. The Balaban J connectivity index is 1.55. The average Bonchev–Trinajstić information content (AvgIpc) is 2.66. The molecule has 0 amide bonds. The largest absolute Gasteiger partial charge is 0.493 e. The van der Waals surface area contributed by atoms with Crippen LogP contribution in [0.1, 0.15) is 17.2 Å². The van der Waals surface area contributed by atoms with E-state index in [0.717, 1.165) is 11.1 Å². The number of benzene rings is 1. The number of pyridine rings is 2. The van der Waals surface area contributed by atoms with E-state index in [-0.39, 0.29) is 5.92 Å². The molecule has 1 aromatic carbocycles. The van der Waals surface area contributed by atoms with E-state index in [1.54, 1.807) is 18.5 Å². The minimum absolute atomic E-state index is 0.0261. The monoisotopic (exact) mass is 334 g/mol. The van der Waals surface area contributed by atoms with Gasteiger partial charge in [-0.25, -0.2) is 4.98 Å². The second kappa shape index (κ2) is 6.91. The van der Waals surface area contributed by atoms with Crippen LogP contribution in [0.15, 0.2) is 67.1 Å². The van der Waals surface area contributed by atoms with Crippen LogP contribution in [0, 0.1) is 5.92 Å². The first kappa shape index (κ1) is 15.6. The number of ether oxygens (including phenoxy) is 2. The molecule has 3 aromatic rings. The van der Waals surface area contributed by atoms with Gasteiger partial charge in [-0.15, -0.1) is 0 Å². The van der Waals surface area contributed by atoms with Crippen LogP contribution in [0.4, 0.5) is 0 Å². The molecule has 1 N–H and O–H groups in total. The Hall–Kier alpha value is -2.92. The van der Waals surface area contributed by atoms with Crippen LogP contribution in [-0.2, 0) is 6.42 Å². The van der Waals surface area contributed by atoms with Crippen molar-refractivity contribution in [2.45, 2.75) is 12.5 Å². The zero-order valence-corrected chi connectivity index (χ0v) is 13.6. The predicted molar refractivity (Wildman–Crippen MR) is 92.6 cm³/mol. The molecule has 1 aliphatic rings. The minimum Gasteiger partial charge on any atom is -0.493 e. The number of hydrogen-bond donors (Lipinski definition) is 1. The first-order chi connectivity index (χ1) is 12.3. The van der Waals surface area contributed by atoms with Crippen molar-refractivity contribution < 1.29 is 14.6 Å². The highest BCUT2D eigenvalue weighted by molar-refractivity contribution is 5.44. The summed E-state index contributed by atoms with van der Waals surface area (Å²) in [6.45, 7) is 0.476. The number of rotatable bonds is 4. The number of aliphatic hydroxyl groups excluding tert-OH is 1. The first-order valence-electron chi connectivity index (χ1n) is 8.22. The smallest absolute Gasteiger partial charge is 0.219 e. The van der Waals surface area contributed by atoms with E-state index >= 15 is 0 Å². The van der Waals surface area contributed by atoms with Gasteiger partial charge in [0.05, 0.1) is 12.7 Å². The molecule has 0 spiro atoms. The maximum Gasteiger partial charge on any atom is 0.219 e. The molecule has 0 fully saturated rings. The number of hydrogen-bond acceptors (Lipinski definition) is 5. The summed E-state index contributed by atoms with van der Waals surface area (Å²) >= 11 is 0. The van der Waals surface area contributed by atoms with E-state index in [9.17, 15) is 5.11 Å². The lowest BCUT2D eigenvalue weighted by molar-refractivity contribution is 0.0505. The minimum atomic E-state index is -0.615. The van der Waals surface area contributed by atoms with Crippen LogP contribution in [0.3, 0.4) is 0 Å². The molecule has 4 rings (SSSR count). The van der Waals surface area contributed by atoms with Gasteiger partial charge in [0.25, 0.3) is 0 Å². The molecule has 126 valence electrons. The highest BCUT2D eigenvalue weighted by Gasteiger charge is 2.30. The number of aromatic nitrogens is 2. The van der Waals surface area contributed by atoms with Crippen molar-refractivity contribution in [2.24, 2.45) is 5.92 Å². The number of nitrogens with zero attached hydrogens (tertiary/aromatic N) is 2. The normalized spacial score (nSPS) is 18.9. The van der Waals surface area contributed by atoms with Crippen molar-refractivity contribution in [3.8, 4) is 17.4 Å². The second-order valence-corrected chi connectivity index (χ2v) is 6.05. The zero-order chi connectivity index (χ0) is 17.1. The maximum atomic E-state index is 10.8. The Bertz CT molecular complexity index is 840. The van der Waals surface area contributed by atoms with Gasteiger partial charge in [0.1, 0.15) is 11.5 Å². The van der Waals surface area contributed by atoms with Crippen LogP contribution in [-0.4, -0.2) is 21.7 Å². The van der Waals surface area contributed by atoms with Crippen molar-refractivity contribution in [1.29, 1.82) is 0 Å². The maximum absolute atomic E-state index is 10.8. The van der Waals surface area contributed by atoms with Crippen LogP contribution in [0.25, 0.3) is 0 Å². The third-order valence-electron chi connectivity index (χ3n) is 4.28. The fourth-order valence-corrected chi connectivity index (χ4v) is 3.01. The Labute approximate surface area is 145 Å². The fraction of sp³-hybridized carbons (Fsp3) is 0.200. The summed E-state index contributed by atoms with van der Waals surface area (Å²) in [4.78, 5) is 8.28. The molecule has 25 heavy (non-hydrogen) atoms. The van der Waals surface area contributed by atoms with E-state index in [4.69, 9.17) is 9.47 Å². The van der Waals surface area contributed by atoms with Gasteiger partial charge in [0, 0.05) is 36.1 Å². The van der Waals surface area contributed by atoms with E-state index in [0.29, 0.717) is 30.4 Å². The molecule has 0 saturated heterocycles. The molecule has 0 saturated carbocycles. The summed E-state index contributed by atoms with van der Waals surface area (Å²) in [7, 11) is 0. The van der Waals surface area contributed by atoms with Gasteiger partial charge in [-0.2, -0.15) is 0 Å². The van der Waals surface area contributed by atoms with Gasteiger partial charge in [-0.05, 0) is 42.3 Å². The van der Waals surface area contributed by atoms with Gasteiger partial charge >= 0.3 is 0 Å². The van der Waals surface area contributed by atoms with E-state index in [1.165, 1.54) is 0 Å². The quantitative estimate of drug-likeness (QED) is 0.790. The van der Waals surface area contributed by atoms with Crippen molar-refractivity contribution in [3.63, 3.8) is 0 Å². The molecular weight excluding hydrogens is 316 g/mol. The van der Waals surface area contributed by atoms with Crippen molar-refractivity contribution >= 4 is 0 Å². The SMILES string of the molecule is OC1c2cc(Oc3ccccn3)ccc2OCC1Cc1cccnc1. The number of fused-ring (bicyclic) bond motifs is 1. The molecule has 0 aliphatic carbocycles. The Morgan fingerprint density at radius 2 is 2.08 bits per heavy atom. The summed E-state index contributed by atoms with van der Waals surface area (Å²) in [5.41, 5.74) is 1.83. The molecule has 2 atom stereocenters. The van der Waals surface area contributed by atoms with Gasteiger partial charge < -0.3 is 14.6 Å². The first-order valence-corrected chi connectivity index (χ1v) is 8.22. The third-order valence-corrected chi connectivity index (χ3v) is 4.28. The van der Waals surface area contributed by atoms with E-state index < -0.39 is 6.10 Å². The van der Waals surface area contributed by atoms with Crippen molar-refractivity contribution in [2.75, 3.05) is 6.61 Å². The molecule has 3 heterocycles. The van der Waals surface area contributed by atoms with Crippen molar-refractivity contribution in [1.82, 2.24) is 9.97 Å². The lowest BCUT2D eigenvalue weighted by Gasteiger charge is -2.30. The molecule has 5 heteroatoms. The van der Waals surface area contributed by atoms with Gasteiger partial charge in [-0.1, -0.05) is 12.1 Å². The summed E-state index contributed by atoms with van der Waals surface area (Å²) in [5, 5.41) is 10.8. The number of aliphatic hydroxyl groups is 1. The highest BCUT2D eigenvalue weighted by Crippen LogP contribution is 2.39. The zero-order valence-electron chi connectivity index (χ0n) is 13.6. The van der Waals surface area contributed by atoms with Crippen LogP contribution >= 0.6 is 0 Å². The molecule has 0 bridgehead atoms. The lowest BCUT2D eigenvalue weighted by atomic mass is 9.88. The standard InChI is InChI=1S/C20H18N2O3/c23-20-15(10-14-4-3-8-21-12-14)13-24-18-7-6-16(11-17(18)20)25-19-5-1-2-9-22-19/h1-9,11-12,15,20,23H,10,13H2. The van der Waals surface area contributed by atoms with Crippen LogP contribution in [0.5, 0.6) is 17.4 Å². The average molecular weight is 334 g/mol. The molecule has 1 aliphatic heterocycles. The van der Waals surface area contributed by atoms with Gasteiger partial charge in [-0.3, -0.25) is 4.98 Å².